The van der Waals surface area contributed by atoms with E-state index in [-0.39, 0.29) is 23.8 Å². The number of amides is 1. The van der Waals surface area contributed by atoms with Crippen LogP contribution in [0, 0.1) is 12.7 Å². The van der Waals surface area contributed by atoms with Crippen molar-refractivity contribution in [2.24, 2.45) is 7.05 Å². The maximum atomic E-state index is 14.5. The zero-order valence-corrected chi connectivity index (χ0v) is 18.7. The molecule has 2 bridgehead atoms. The molecule has 1 saturated heterocycles. The first-order valence-corrected chi connectivity index (χ1v) is 11.3. The van der Waals surface area contributed by atoms with E-state index in [2.05, 4.69) is 20.2 Å². The molecule has 170 valence electrons. The molecule has 0 N–H and O–H groups in total. The third-order valence-electron chi connectivity index (χ3n) is 6.74. The van der Waals surface area contributed by atoms with Gasteiger partial charge in [0, 0.05) is 37.0 Å². The van der Waals surface area contributed by atoms with Crippen LogP contribution in [0.2, 0.25) is 0 Å². The van der Waals surface area contributed by atoms with Crippen molar-refractivity contribution < 1.29 is 13.9 Å². The van der Waals surface area contributed by atoms with Gasteiger partial charge < -0.3 is 14.5 Å². The molecule has 3 aliphatic rings. The Hall–Kier alpha value is -3.33. The molecule has 6 rings (SSSR count). The van der Waals surface area contributed by atoms with Crippen LogP contribution in [0.4, 0.5) is 10.1 Å². The topological polar surface area (TPSA) is 76.4 Å². The minimum absolute atomic E-state index is 0.0957. The van der Waals surface area contributed by atoms with Crippen molar-refractivity contribution in [1.82, 2.24) is 24.9 Å². The summed E-state index contributed by atoms with van der Waals surface area (Å²) in [5.41, 5.74) is 5.21. The van der Waals surface area contributed by atoms with Crippen LogP contribution in [0.25, 0.3) is 11.3 Å². The number of fused-ring (bicyclic) bond motifs is 8. The number of carbonyl (C=O) groups excluding carboxylic acids is 1. The maximum Gasteiger partial charge on any atom is 0.254 e. The molecule has 2 aliphatic heterocycles. The Morgan fingerprint density at radius 1 is 1.12 bits per heavy atom. The lowest BCUT2D eigenvalue weighted by atomic mass is 9.96. The molecule has 8 nitrogen and oxygen atoms in total. The second-order valence-corrected chi connectivity index (χ2v) is 9.04. The van der Waals surface area contributed by atoms with Gasteiger partial charge in [0.25, 0.3) is 5.91 Å². The normalized spacial score (nSPS) is 20.5. The van der Waals surface area contributed by atoms with Crippen LogP contribution >= 0.6 is 0 Å². The van der Waals surface area contributed by atoms with Gasteiger partial charge in [-0.05, 0) is 49.6 Å². The lowest BCUT2D eigenvalue weighted by Gasteiger charge is -2.39. The molecule has 2 aromatic heterocycles. The number of nitrogens with zero attached hydrogens (tertiary/aromatic N) is 6. The smallest absolute Gasteiger partial charge is 0.254 e. The summed E-state index contributed by atoms with van der Waals surface area (Å²) in [6.45, 7) is 3.79. The molecule has 1 aliphatic carbocycles. The summed E-state index contributed by atoms with van der Waals surface area (Å²) in [6.07, 6.45) is 3.84. The number of halogens is 1. The Kier molecular flexibility index (Phi) is 4.69. The monoisotopic (exact) mass is 448 g/mol. The Labute approximate surface area is 191 Å². The average Bonchev–Trinajstić information content (AvgIpc) is 3.59. The largest absolute Gasteiger partial charge is 0.377 e. The zero-order valence-electron chi connectivity index (χ0n) is 18.7. The SMILES string of the molecule is Cc1nnc2cc1N1CCOC[C@@H]1c1cc(F)ccc1C(=O)N(C1CC1)Cc1nn(C)cc1-2. The molecule has 1 atom stereocenters. The highest BCUT2D eigenvalue weighted by molar-refractivity contribution is 5.96. The quantitative estimate of drug-likeness (QED) is 0.570. The third kappa shape index (κ3) is 3.47. The van der Waals surface area contributed by atoms with Crippen LogP contribution in [-0.2, 0) is 18.3 Å². The maximum absolute atomic E-state index is 14.5. The van der Waals surface area contributed by atoms with Crippen molar-refractivity contribution in [3.8, 4) is 11.3 Å². The molecular weight excluding hydrogens is 423 g/mol. The molecule has 2 fully saturated rings. The van der Waals surface area contributed by atoms with Crippen LogP contribution < -0.4 is 4.90 Å². The first-order chi connectivity index (χ1) is 16.0. The number of carbonyl (C=O) groups is 1. The van der Waals surface area contributed by atoms with Gasteiger partial charge in [-0.15, -0.1) is 5.10 Å². The van der Waals surface area contributed by atoms with Crippen LogP contribution in [0.15, 0.2) is 30.5 Å². The van der Waals surface area contributed by atoms with Crippen molar-refractivity contribution >= 4 is 11.6 Å². The summed E-state index contributed by atoms with van der Waals surface area (Å²) in [7, 11) is 1.87. The number of rotatable bonds is 1. The summed E-state index contributed by atoms with van der Waals surface area (Å²) in [5, 5.41) is 13.6. The molecule has 1 saturated carbocycles. The molecule has 1 aromatic carbocycles. The lowest BCUT2D eigenvalue weighted by Crippen LogP contribution is -2.42. The first kappa shape index (κ1) is 20.3. The van der Waals surface area contributed by atoms with Gasteiger partial charge in [0.05, 0.1) is 48.6 Å². The Morgan fingerprint density at radius 2 is 1.97 bits per heavy atom. The molecule has 9 heteroatoms. The van der Waals surface area contributed by atoms with Gasteiger partial charge in [-0.2, -0.15) is 10.2 Å². The summed E-state index contributed by atoms with van der Waals surface area (Å²) >= 11 is 0. The average molecular weight is 449 g/mol. The van der Waals surface area contributed by atoms with Gasteiger partial charge in [-0.1, -0.05) is 0 Å². The minimum atomic E-state index is -0.366. The third-order valence-corrected chi connectivity index (χ3v) is 6.74. The van der Waals surface area contributed by atoms with Gasteiger partial charge in [0.2, 0.25) is 0 Å². The van der Waals surface area contributed by atoms with E-state index in [0.717, 1.165) is 35.5 Å². The summed E-state index contributed by atoms with van der Waals surface area (Å²) in [4.78, 5) is 17.9. The predicted molar refractivity (Wildman–Crippen MR) is 119 cm³/mol. The number of ether oxygens (including phenoxy) is 1. The fourth-order valence-electron chi connectivity index (χ4n) is 4.95. The first-order valence-electron chi connectivity index (χ1n) is 11.3. The summed E-state index contributed by atoms with van der Waals surface area (Å²) < 4.78 is 22.1. The van der Waals surface area contributed by atoms with Crippen molar-refractivity contribution in [2.75, 3.05) is 24.7 Å². The Balaban J connectivity index is 1.61. The highest BCUT2D eigenvalue weighted by Crippen LogP contribution is 2.38. The Morgan fingerprint density at radius 3 is 2.79 bits per heavy atom. The van der Waals surface area contributed by atoms with E-state index in [1.165, 1.54) is 12.1 Å². The van der Waals surface area contributed by atoms with Gasteiger partial charge in [0.15, 0.2) is 0 Å². The van der Waals surface area contributed by atoms with Crippen LogP contribution in [0.5, 0.6) is 0 Å². The number of hydrogen-bond acceptors (Lipinski definition) is 6. The van der Waals surface area contributed by atoms with Crippen molar-refractivity contribution in [3.63, 3.8) is 0 Å². The molecule has 33 heavy (non-hydrogen) atoms. The fraction of sp³-hybridized carbons (Fsp3) is 0.417. The van der Waals surface area contributed by atoms with E-state index in [1.807, 2.05) is 31.1 Å². The van der Waals surface area contributed by atoms with Gasteiger partial charge in [-0.25, -0.2) is 4.39 Å². The van der Waals surface area contributed by atoms with Crippen LogP contribution in [0.1, 0.15) is 46.2 Å². The van der Waals surface area contributed by atoms with Crippen molar-refractivity contribution in [3.05, 3.63) is 58.8 Å². The zero-order chi connectivity index (χ0) is 22.7. The minimum Gasteiger partial charge on any atom is -0.377 e. The fourth-order valence-corrected chi connectivity index (χ4v) is 4.95. The van der Waals surface area contributed by atoms with E-state index in [9.17, 15) is 9.18 Å². The Bertz CT molecular complexity index is 1250. The highest BCUT2D eigenvalue weighted by Gasteiger charge is 2.38. The number of morpholine rings is 1. The number of aryl methyl sites for hydroxylation is 2. The lowest BCUT2D eigenvalue weighted by molar-refractivity contribution is 0.0718. The molecule has 0 unspecified atom stereocenters. The van der Waals surface area contributed by atoms with E-state index in [0.29, 0.717) is 43.1 Å². The molecule has 0 radical (unpaired) electrons. The molecular formula is C24H25FN6O2. The molecule has 4 heterocycles. The van der Waals surface area contributed by atoms with E-state index in [1.54, 1.807) is 10.7 Å². The van der Waals surface area contributed by atoms with Crippen LogP contribution in [0.3, 0.4) is 0 Å². The van der Waals surface area contributed by atoms with E-state index in [4.69, 9.17) is 4.74 Å². The number of aromatic nitrogens is 4. The predicted octanol–water partition coefficient (Wildman–Crippen LogP) is 3.02. The molecule has 3 aromatic rings. The summed E-state index contributed by atoms with van der Waals surface area (Å²) in [6, 6.07) is 6.34. The van der Waals surface area contributed by atoms with Gasteiger partial charge >= 0.3 is 0 Å². The number of anilines is 1. The number of hydrogen-bond donors (Lipinski definition) is 0. The van der Waals surface area contributed by atoms with Gasteiger partial charge in [-0.3, -0.25) is 9.48 Å². The second-order valence-electron chi connectivity index (χ2n) is 9.04. The standard InChI is InChI=1S/C24H25FN6O2/c1-14-22-10-20(27-26-14)19-11-29(2)28-21(19)12-31(16-4-5-16)24(32)17-6-3-15(25)9-18(17)23-13-33-8-7-30(22)23/h3,6,9-11,16,23H,4-5,7-8,12-13H2,1-2H3/t23-/m1/s1. The second kappa shape index (κ2) is 7.62. The van der Waals surface area contributed by atoms with Crippen molar-refractivity contribution in [2.45, 2.75) is 38.4 Å². The summed E-state index contributed by atoms with van der Waals surface area (Å²) in [5.74, 6) is -0.462. The molecule has 0 spiro atoms. The molecule has 1 amide bonds. The number of benzene rings is 1. The van der Waals surface area contributed by atoms with E-state index < -0.39 is 0 Å². The van der Waals surface area contributed by atoms with Crippen molar-refractivity contribution in [1.29, 1.82) is 0 Å². The van der Waals surface area contributed by atoms with E-state index >= 15 is 0 Å². The highest BCUT2D eigenvalue weighted by atomic mass is 19.1. The van der Waals surface area contributed by atoms with Crippen LogP contribution in [-0.4, -0.2) is 56.6 Å². The van der Waals surface area contributed by atoms with Gasteiger partial charge in [0.1, 0.15) is 5.82 Å².